The molecule has 1 rings (SSSR count). The van der Waals surface area contributed by atoms with Crippen LogP contribution < -0.4 is 4.74 Å². The van der Waals surface area contributed by atoms with E-state index in [0.717, 1.165) is 18.8 Å². The van der Waals surface area contributed by atoms with E-state index in [1.54, 1.807) is 0 Å². The quantitative estimate of drug-likeness (QED) is 0.658. The van der Waals surface area contributed by atoms with Crippen LogP contribution in [0, 0.1) is 5.92 Å². The highest BCUT2D eigenvalue weighted by molar-refractivity contribution is 5.30. The molecule has 0 bridgehead atoms. The maximum atomic E-state index is 5.78. The Kier molecular flexibility index (Phi) is 6.20. The van der Waals surface area contributed by atoms with E-state index in [1.807, 2.05) is 19.1 Å². The van der Waals surface area contributed by atoms with E-state index in [-0.39, 0.29) is 6.29 Å². The Morgan fingerprint density at radius 2 is 1.83 bits per heavy atom. The third-order valence-corrected chi connectivity index (χ3v) is 3.01. The summed E-state index contributed by atoms with van der Waals surface area (Å²) < 4.78 is 11.4. The van der Waals surface area contributed by atoms with Crippen molar-refractivity contribution >= 4 is 0 Å². The predicted octanol–water partition coefficient (Wildman–Crippen LogP) is 4.60. The molecular weight excluding hydrogens is 224 g/mol. The highest BCUT2D eigenvalue weighted by Crippen LogP contribution is 2.23. The predicted molar refractivity (Wildman–Crippen MR) is 76.0 cm³/mol. The molecule has 0 spiro atoms. The molecule has 2 heteroatoms. The average Bonchev–Trinajstić information content (AvgIpc) is 2.35. The van der Waals surface area contributed by atoms with E-state index in [0.29, 0.717) is 11.8 Å². The van der Waals surface area contributed by atoms with Crippen molar-refractivity contribution in [3.63, 3.8) is 0 Å². The molecule has 0 heterocycles. The van der Waals surface area contributed by atoms with Gasteiger partial charge in [-0.2, -0.15) is 0 Å². The maximum absolute atomic E-state index is 5.78. The van der Waals surface area contributed by atoms with E-state index in [2.05, 4.69) is 39.8 Å². The normalized spacial score (nSPS) is 14.6. The van der Waals surface area contributed by atoms with Crippen molar-refractivity contribution in [2.45, 2.75) is 53.2 Å². The van der Waals surface area contributed by atoms with Crippen LogP contribution in [0.25, 0.3) is 0 Å². The van der Waals surface area contributed by atoms with Gasteiger partial charge in [-0.05, 0) is 42.9 Å². The molecule has 102 valence electrons. The summed E-state index contributed by atoms with van der Waals surface area (Å²) in [5.74, 6) is 1.99. The summed E-state index contributed by atoms with van der Waals surface area (Å²) in [7, 11) is 0. The summed E-state index contributed by atoms with van der Waals surface area (Å²) in [4.78, 5) is 0. The molecule has 0 aliphatic rings. The smallest absolute Gasteiger partial charge is 0.196 e. The van der Waals surface area contributed by atoms with Gasteiger partial charge in [0.2, 0.25) is 0 Å². The topological polar surface area (TPSA) is 18.5 Å². The number of rotatable bonds is 7. The molecule has 2 atom stereocenters. The Labute approximate surface area is 111 Å². The van der Waals surface area contributed by atoms with Crippen molar-refractivity contribution in [3.05, 3.63) is 29.8 Å². The summed E-state index contributed by atoms with van der Waals surface area (Å²) in [6.45, 7) is 11.4. The van der Waals surface area contributed by atoms with E-state index in [9.17, 15) is 0 Å². The zero-order chi connectivity index (χ0) is 13.5. The third kappa shape index (κ3) is 5.09. The van der Waals surface area contributed by atoms with Crippen LogP contribution in [-0.4, -0.2) is 12.9 Å². The zero-order valence-electron chi connectivity index (χ0n) is 12.3. The van der Waals surface area contributed by atoms with Gasteiger partial charge in [0.1, 0.15) is 5.75 Å². The van der Waals surface area contributed by atoms with Crippen LogP contribution in [0.5, 0.6) is 5.75 Å². The molecule has 0 saturated heterocycles. The molecule has 0 amide bonds. The fourth-order valence-electron chi connectivity index (χ4n) is 1.68. The Morgan fingerprint density at radius 3 is 2.44 bits per heavy atom. The van der Waals surface area contributed by atoms with Crippen molar-refractivity contribution in [2.24, 2.45) is 5.92 Å². The molecule has 1 aromatic carbocycles. The Bertz CT molecular complexity index is 347. The SMILES string of the molecule is CCC(C)c1cccc(OC(C)OCC(C)C)c1. The highest BCUT2D eigenvalue weighted by atomic mass is 16.7. The summed E-state index contributed by atoms with van der Waals surface area (Å²) >= 11 is 0. The van der Waals surface area contributed by atoms with Gasteiger partial charge in [0.15, 0.2) is 6.29 Å². The van der Waals surface area contributed by atoms with Gasteiger partial charge in [0.05, 0.1) is 6.61 Å². The summed E-state index contributed by atoms with van der Waals surface area (Å²) in [5, 5.41) is 0. The van der Waals surface area contributed by atoms with Gasteiger partial charge < -0.3 is 9.47 Å². The Hall–Kier alpha value is -1.02. The van der Waals surface area contributed by atoms with Crippen molar-refractivity contribution in [3.8, 4) is 5.75 Å². The molecule has 0 N–H and O–H groups in total. The standard InChI is InChI=1S/C16H26O2/c1-6-13(4)15-8-7-9-16(10-15)18-14(5)17-11-12(2)3/h7-10,12-14H,6,11H2,1-5H3. The zero-order valence-corrected chi connectivity index (χ0v) is 12.3. The Balaban J connectivity index is 2.56. The van der Waals surface area contributed by atoms with Gasteiger partial charge in [0.25, 0.3) is 0 Å². The number of hydrogen-bond acceptors (Lipinski definition) is 2. The first-order valence-electron chi connectivity index (χ1n) is 6.91. The van der Waals surface area contributed by atoms with Crippen LogP contribution in [0.4, 0.5) is 0 Å². The van der Waals surface area contributed by atoms with Gasteiger partial charge in [-0.1, -0.05) is 39.8 Å². The monoisotopic (exact) mass is 250 g/mol. The van der Waals surface area contributed by atoms with Gasteiger partial charge in [-0.3, -0.25) is 0 Å². The molecule has 0 aliphatic heterocycles. The summed E-state index contributed by atoms with van der Waals surface area (Å²) in [6.07, 6.45) is 0.947. The molecule has 0 fully saturated rings. The largest absolute Gasteiger partial charge is 0.465 e. The molecule has 2 unspecified atom stereocenters. The molecule has 18 heavy (non-hydrogen) atoms. The van der Waals surface area contributed by atoms with Crippen molar-refractivity contribution in [2.75, 3.05) is 6.61 Å². The lowest BCUT2D eigenvalue weighted by molar-refractivity contribution is -0.0756. The van der Waals surface area contributed by atoms with Crippen LogP contribution in [0.1, 0.15) is 52.5 Å². The lowest BCUT2D eigenvalue weighted by atomic mass is 9.99. The van der Waals surface area contributed by atoms with Crippen LogP contribution in [-0.2, 0) is 4.74 Å². The lowest BCUT2D eigenvalue weighted by Crippen LogP contribution is -2.19. The molecule has 0 radical (unpaired) electrons. The molecule has 0 saturated carbocycles. The number of hydrogen-bond donors (Lipinski definition) is 0. The van der Waals surface area contributed by atoms with Gasteiger partial charge in [-0.15, -0.1) is 0 Å². The van der Waals surface area contributed by atoms with Gasteiger partial charge in [0, 0.05) is 0 Å². The second-order valence-corrected chi connectivity index (χ2v) is 5.29. The summed E-state index contributed by atoms with van der Waals surface area (Å²) in [6, 6.07) is 8.30. The van der Waals surface area contributed by atoms with Gasteiger partial charge in [-0.25, -0.2) is 0 Å². The summed E-state index contributed by atoms with van der Waals surface area (Å²) in [5.41, 5.74) is 1.33. The molecule has 0 aliphatic carbocycles. The molecule has 0 aromatic heterocycles. The van der Waals surface area contributed by atoms with Crippen molar-refractivity contribution in [1.82, 2.24) is 0 Å². The second-order valence-electron chi connectivity index (χ2n) is 5.29. The van der Waals surface area contributed by atoms with Crippen LogP contribution in [0.2, 0.25) is 0 Å². The number of ether oxygens (including phenoxy) is 2. The van der Waals surface area contributed by atoms with Crippen molar-refractivity contribution < 1.29 is 9.47 Å². The van der Waals surface area contributed by atoms with Crippen LogP contribution in [0.15, 0.2) is 24.3 Å². The first-order chi connectivity index (χ1) is 8.52. The fourth-order valence-corrected chi connectivity index (χ4v) is 1.68. The first kappa shape index (κ1) is 15.0. The van der Waals surface area contributed by atoms with Crippen molar-refractivity contribution in [1.29, 1.82) is 0 Å². The van der Waals surface area contributed by atoms with E-state index < -0.39 is 0 Å². The van der Waals surface area contributed by atoms with E-state index in [4.69, 9.17) is 9.47 Å². The van der Waals surface area contributed by atoms with Crippen LogP contribution in [0.3, 0.4) is 0 Å². The minimum absolute atomic E-state index is 0.195. The molecular formula is C16H26O2. The average molecular weight is 250 g/mol. The van der Waals surface area contributed by atoms with Gasteiger partial charge >= 0.3 is 0 Å². The minimum Gasteiger partial charge on any atom is -0.465 e. The molecule has 1 aromatic rings. The Morgan fingerprint density at radius 1 is 1.11 bits per heavy atom. The third-order valence-electron chi connectivity index (χ3n) is 3.01. The minimum atomic E-state index is -0.195. The lowest BCUT2D eigenvalue weighted by Gasteiger charge is -2.18. The molecule has 2 nitrogen and oxygen atoms in total. The maximum Gasteiger partial charge on any atom is 0.196 e. The fraction of sp³-hybridized carbons (Fsp3) is 0.625. The first-order valence-corrected chi connectivity index (χ1v) is 6.91. The highest BCUT2D eigenvalue weighted by Gasteiger charge is 2.08. The van der Waals surface area contributed by atoms with Crippen LogP contribution >= 0.6 is 0 Å². The number of benzene rings is 1. The van der Waals surface area contributed by atoms with E-state index in [1.165, 1.54) is 5.56 Å². The van der Waals surface area contributed by atoms with E-state index >= 15 is 0 Å². The second kappa shape index (κ2) is 7.42.